The summed E-state index contributed by atoms with van der Waals surface area (Å²) in [5.74, 6) is -0.862. The SMILES string of the molecule is CCOC(=O)c1ccc(NC(=O)COc2ccc(C(N)=O)cc2)cc1. The molecule has 0 radical (unpaired) electrons. The summed E-state index contributed by atoms with van der Waals surface area (Å²) in [4.78, 5) is 34.4. The number of hydrogen-bond donors (Lipinski definition) is 2. The van der Waals surface area contributed by atoms with Gasteiger partial charge in [0.15, 0.2) is 6.61 Å². The first-order valence-electron chi connectivity index (χ1n) is 7.59. The smallest absolute Gasteiger partial charge is 0.338 e. The second kappa shape index (κ2) is 8.49. The lowest BCUT2D eigenvalue weighted by Gasteiger charge is -2.08. The van der Waals surface area contributed by atoms with Gasteiger partial charge in [-0.1, -0.05) is 0 Å². The van der Waals surface area contributed by atoms with Gasteiger partial charge in [-0.15, -0.1) is 0 Å². The lowest BCUT2D eigenvalue weighted by atomic mass is 10.2. The molecule has 3 N–H and O–H groups in total. The molecule has 0 spiro atoms. The highest BCUT2D eigenvalue weighted by Gasteiger charge is 2.08. The van der Waals surface area contributed by atoms with Crippen LogP contribution in [0.1, 0.15) is 27.6 Å². The number of amides is 2. The third-order valence-corrected chi connectivity index (χ3v) is 3.19. The molecule has 25 heavy (non-hydrogen) atoms. The van der Waals surface area contributed by atoms with Crippen molar-refractivity contribution in [1.29, 1.82) is 0 Å². The number of anilines is 1. The molecular weight excluding hydrogens is 324 g/mol. The van der Waals surface area contributed by atoms with Crippen molar-refractivity contribution in [2.24, 2.45) is 5.73 Å². The molecule has 7 nitrogen and oxygen atoms in total. The number of esters is 1. The van der Waals surface area contributed by atoms with Gasteiger partial charge in [-0.2, -0.15) is 0 Å². The highest BCUT2D eigenvalue weighted by atomic mass is 16.5. The molecule has 2 rings (SSSR count). The Kier molecular flexibility index (Phi) is 6.11. The molecule has 2 aromatic rings. The topological polar surface area (TPSA) is 108 Å². The van der Waals surface area contributed by atoms with Crippen molar-refractivity contribution in [2.75, 3.05) is 18.5 Å². The molecule has 0 saturated carbocycles. The summed E-state index contributed by atoms with van der Waals surface area (Å²) in [5.41, 5.74) is 6.45. The molecule has 0 aliphatic rings. The van der Waals surface area contributed by atoms with Gasteiger partial charge < -0.3 is 20.5 Å². The first kappa shape index (κ1) is 18.0. The van der Waals surface area contributed by atoms with E-state index in [-0.39, 0.29) is 12.5 Å². The number of carbonyl (C=O) groups excluding carboxylic acids is 3. The molecule has 0 atom stereocenters. The van der Waals surface area contributed by atoms with Crippen molar-refractivity contribution in [3.05, 3.63) is 59.7 Å². The number of nitrogens with two attached hydrogens (primary N) is 1. The summed E-state index contributed by atoms with van der Waals surface area (Å²) < 4.78 is 10.2. The van der Waals surface area contributed by atoms with Crippen molar-refractivity contribution in [3.8, 4) is 5.75 Å². The Labute approximate surface area is 144 Å². The van der Waals surface area contributed by atoms with Gasteiger partial charge >= 0.3 is 5.97 Å². The summed E-state index contributed by atoms with van der Waals surface area (Å²) in [5, 5.41) is 2.65. The predicted octanol–water partition coefficient (Wildman–Crippen LogP) is 1.98. The van der Waals surface area contributed by atoms with E-state index in [0.29, 0.717) is 29.2 Å². The molecule has 0 saturated heterocycles. The number of hydrogen-bond acceptors (Lipinski definition) is 5. The Balaban J connectivity index is 1.85. The third kappa shape index (κ3) is 5.35. The molecular formula is C18H18N2O5. The zero-order valence-electron chi connectivity index (χ0n) is 13.7. The summed E-state index contributed by atoms with van der Waals surface area (Å²) in [6.45, 7) is 1.83. The van der Waals surface area contributed by atoms with Crippen LogP contribution in [0, 0.1) is 0 Å². The minimum Gasteiger partial charge on any atom is -0.484 e. The molecule has 2 amide bonds. The molecule has 0 aliphatic heterocycles. The van der Waals surface area contributed by atoms with Crippen molar-refractivity contribution in [3.63, 3.8) is 0 Å². The fourth-order valence-corrected chi connectivity index (χ4v) is 1.97. The lowest BCUT2D eigenvalue weighted by Crippen LogP contribution is -2.20. The summed E-state index contributed by atoms with van der Waals surface area (Å²) in [6, 6.07) is 12.5. The van der Waals surface area contributed by atoms with Crippen LogP contribution < -0.4 is 15.8 Å². The summed E-state index contributed by atoms with van der Waals surface area (Å²) in [6.07, 6.45) is 0. The fraction of sp³-hybridized carbons (Fsp3) is 0.167. The van der Waals surface area contributed by atoms with Gasteiger partial charge in [-0.3, -0.25) is 9.59 Å². The Morgan fingerprint density at radius 3 is 2.12 bits per heavy atom. The highest BCUT2D eigenvalue weighted by Crippen LogP contribution is 2.13. The van der Waals surface area contributed by atoms with Crippen LogP contribution >= 0.6 is 0 Å². The maximum absolute atomic E-state index is 11.9. The second-order valence-electron chi connectivity index (χ2n) is 5.02. The van der Waals surface area contributed by atoms with E-state index in [0.717, 1.165) is 0 Å². The van der Waals surface area contributed by atoms with Crippen LogP contribution in [-0.4, -0.2) is 31.0 Å². The number of rotatable bonds is 7. The van der Waals surface area contributed by atoms with Crippen LogP contribution in [-0.2, 0) is 9.53 Å². The number of carbonyl (C=O) groups is 3. The maximum atomic E-state index is 11.9. The molecule has 2 aromatic carbocycles. The normalized spacial score (nSPS) is 9.96. The van der Waals surface area contributed by atoms with Crippen molar-refractivity contribution in [1.82, 2.24) is 0 Å². The van der Waals surface area contributed by atoms with Gasteiger partial charge in [0.2, 0.25) is 5.91 Å². The Hall–Kier alpha value is -3.35. The average Bonchev–Trinajstić information content (AvgIpc) is 2.61. The second-order valence-corrected chi connectivity index (χ2v) is 5.02. The minimum absolute atomic E-state index is 0.199. The van der Waals surface area contributed by atoms with Gasteiger partial charge in [0.1, 0.15) is 5.75 Å². The minimum atomic E-state index is -0.532. The molecule has 0 bridgehead atoms. The zero-order chi connectivity index (χ0) is 18.2. The van der Waals surface area contributed by atoms with Gasteiger partial charge in [0.25, 0.3) is 5.91 Å². The quantitative estimate of drug-likeness (QED) is 0.748. The Morgan fingerprint density at radius 1 is 0.960 bits per heavy atom. The first-order chi connectivity index (χ1) is 12.0. The van der Waals surface area contributed by atoms with E-state index in [1.54, 1.807) is 43.3 Å². The predicted molar refractivity (Wildman–Crippen MR) is 91.5 cm³/mol. The van der Waals surface area contributed by atoms with E-state index in [2.05, 4.69) is 5.32 Å². The number of nitrogens with one attached hydrogen (secondary N) is 1. The van der Waals surface area contributed by atoms with Crippen LogP contribution in [0.25, 0.3) is 0 Å². The molecule has 0 aromatic heterocycles. The van der Waals surface area contributed by atoms with Gasteiger partial charge in [-0.25, -0.2) is 4.79 Å². The van der Waals surface area contributed by atoms with E-state index in [9.17, 15) is 14.4 Å². The Morgan fingerprint density at radius 2 is 1.56 bits per heavy atom. The van der Waals surface area contributed by atoms with Gasteiger partial charge in [0, 0.05) is 11.3 Å². The van der Waals surface area contributed by atoms with Crippen LogP contribution in [0.4, 0.5) is 5.69 Å². The molecule has 0 fully saturated rings. The molecule has 7 heteroatoms. The highest BCUT2D eigenvalue weighted by molar-refractivity contribution is 5.94. The molecule has 0 aliphatic carbocycles. The third-order valence-electron chi connectivity index (χ3n) is 3.19. The van der Waals surface area contributed by atoms with Crippen molar-refractivity contribution >= 4 is 23.5 Å². The molecule has 130 valence electrons. The van der Waals surface area contributed by atoms with Gasteiger partial charge in [0.05, 0.1) is 12.2 Å². The van der Waals surface area contributed by atoms with Crippen LogP contribution in [0.15, 0.2) is 48.5 Å². The maximum Gasteiger partial charge on any atom is 0.338 e. The number of primary amides is 1. The Bertz CT molecular complexity index is 754. The van der Waals surface area contributed by atoms with Crippen LogP contribution in [0.3, 0.4) is 0 Å². The summed E-state index contributed by atoms with van der Waals surface area (Å²) in [7, 11) is 0. The van der Waals surface area contributed by atoms with Crippen molar-refractivity contribution in [2.45, 2.75) is 6.92 Å². The fourth-order valence-electron chi connectivity index (χ4n) is 1.97. The summed E-state index contributed by atoms with van der Waals surface area (Å²) >= 11 is 0. The van der Waals surface area contributed by atoms with Gasteiger partial charge in [-0.05, 0) is 55.5 Å². The average molecular weight is 342 g/mol. The lowest BCUT2D eigenvalue weighted by molar-refractivity contribution is -0.118. The monoisotopic (exact) mass is 342 g/mol. The molecule has 0 unspecified atom stereocenters. The number of benzene rings is 2. The van der Waals surface area contributed by atoms with E-state index >= 15 is 0 Å². The number of ether oxygens (including phenoxy) is 2. The van der Waals surface area contributed by atoms with Crippen molar-refractivity contribution < 1.29 is 23.9 Å². The first-order valence-corrected chi connectivity index (χ1v) is 7.59. The van der Waals surface area contributed by atoms with Crippen LogP contribution in [0.2, 0.25) is 0 Å². The van der Waals surface area contributed by atoms with Crippen LogP contribution in [0.5, 0.6) is 5.75 Å². The standard InChI is InChI=1S/C18H18N2O5/c1-2-24-18(23)13-3-7-14(8-4-13)20-16(21)11-25-15-9-5-12(6-10-15)17(19)22/h3-10H,2,11H2,1H3,(H2,19,22)(H,20,21). The van der Waals surface area contributed by atoms with E-state index in [1.165, 1.54) is 12.1 Å². The molecule has 0 heterocycles. The van der Waals surface area contributed by atoms with E-state index in [1.807, 2.05) is 0 Å². The largest absolute Gasteiger partial charge is 0.484 e. The van der Waals surface area contributed by atoms with E-state index < -0.39 is 11.9 Å². The zero-order valence-corrected chi connectivity index (χ0v) is 13.7. The van der Waals surface area contributed by atoms with E-state index in [4.69, 9.17) is 15.2 Å².